The van der Waals surface area contributed by atoms with Gasteiger partial charge < -0.3 is 24.0 Å². The molecule has 2 heterocycles. The molecule has 0 fully saturated rings. The van der Waals surface area contributed by atoms with Gasteiger partial charge in [0, 0.05) is 24.9 Å². The predicted molar refractivity (Wildman–Crippen MR) is 107 cm³/mol. The van der Waals surface area contributed by atoms with Crippen LogP contribution < -0.4 is 5.32 Å². The Kier molecular flexibility index (Phi) is 6.16. The van der Waals surface area contributed by atoms with Gasteiger partial charge in [-0.15, -0.1) is 0 Å². The van der Waals surface area contributed by atoms with E-state index in [1.165, 1.54) is 0 Å². The van der Waals surface area contributed by atoms with E-state index < -0.39 is 0 Å². The molecule has 0 saturated carbocycles. The zero-order valence-electron chi connectivity index (χ0n) is 16.4. The fourth-order valence-corrected chi connectivity index (χ4v) is 2.86. The number of amides is 2. The summed E-state index contributed by atoms with van der Waals surface area (Å²) in [6, 6.07) is 10.9. The minimum absolute atomic E-state index is 0.133. The topological polar surface area (TPSA) is 78.9 Å². The summed E-state index contributed by atoms with van der Waals surface area (Å²) in [5.41, 5.74) is 0.976. The molecule has 0 saturated heterocycles. The molecule has 0 unspecified atom stereocenters. The molecule has 0 atom stereocenters. The van der Waals surface area contributed by atoms with E-state index in [4.69, 9.17) is 8.83 Å². The smallest absolute Gasteiger partial charge is 0.292 e. The Bertz CT molecular complexity index is 944. The van der Waals surface area contributed by atoms with Crippen molar-refractivity contribution in [1.29, 1.82) is 0 Å². The van der Waals surface area contributed by atoms with Crippen molar-refractivity contribution in [2.24, 2.45) is 0 Å². The van der Waals surface area contributed by atoms with E-state index in [0.29, 0.717) is 48.5 Å². The van der Waals surface area contributed by atoms with Crippen molar-refractivity contribution >= 4 is 28.5 Å². The summed E-state index contributed by atoms with van der Waals surface area (Å²) in [6.07, 6.45) is 1.89. The number of likely N-dealkylation sites (N-methyl/N-ethyl adjacent to an activating group) is 1. The van der Waals surface area contributed by atoms with E-state index in [9.17, 15) is 9.59 Å². The third-order valence-electron chi connectivity index (χ3n) is 4.41. The van der Waals surface area contributed by atoms with E-state index >= 15 is 0 Å². The van der Waals surface area contributed by atoms with E-state index in [1.807, 2.05) is 43.3 Å². The molecule has 1 aromatic carbocycles. The first-order valence-electron chi connectivity index (χ1n) is 9.27. The standard InChI is InChI=1S/C21H25N3O4/c1-4-18(25)22-19-16-9-5-6-10-17(16)28-20(19)21(26)24(12-11-23(2)3)14-15-8-7-13-27-15/h5-10,13H,4,11-12,14H2,1-3H3,(H,22,25). The SMILES string of the molecule is CCC(=O)Nc1c(C(=O)N(CCN(C)C)Cc2ccco2)oc2ccccc12. The summed E-state index contributed by atoms with van der Waals surface area (Å²) in [6.45, 7) is 3.26. The highest BCUT2D eigenvalue weighted by Gasteiger charge is 2.27. The number of fused-ring (bicyclic) bond motifs is 1. The van der Waals surface area contributed by atoms with Crippen molar-refractivity contribution in [3.8, 4) is 0 Å². The molecule has 0 aliphatic rings. The van der Waals surface area contributed by atoms with Crippen LogP contribution in [-0.2, 0) is 11.3 Å². The van der Waals surface area contributed by atoms with Crippen molar-refractivity contribution in [3.05, 3.63) is 54.2 Å². The van der Waals surface area contributed by atoms with Gasteiger partial charge in [-0.3, -0.25) is 9.59 Å². The van der Waals surface area contributed by atoms with Crippen LogP contribution in [0.15, 0.2) is 51.5 Å². The van der Waals surface area contributed by atoms with Crippen LogP contribution in [-0.4, -0.2) is 48.8 Å². The molecule has 3 aromatic rings. The van der Waals surface area contributed by atoms with Crippen LogP contribution in [0.5, 0.6) is 0 Å². The fraction of sp³-hybridized carbons (Fsp3) is 0.333. The summed E-state index contributed by atoms with van der Waals surface area (Å²) in [7, 11) is 3.90. The van der Waals surface area contributed by atoms with Gasteiger partial charge in [-0.2, -0.15) is 0 Å². The highest BCUT2D eigenvalue weighted by atomic mass is 16.4. The quantitative estimate of drug-likeness (QED) is 0.643. The number of nitrogens with zero attached hydrogens (tertiary/aromatic N) is 2. The molecule has 0 aliphatic heterocycles. The van der Waals surface area contributed by atoms with Crippen molar-refractivity contribution in [3.63, 3.8) is 0 Å². The molecule has 0 bridgehead atoms. The molecule has 2 amide bonds. The normalized spacial score (nSPS) is 11.1. The summed E-state index contributed by atoms with van der Waals surface area (Å²) in [5.74, 6) is 0.350. The maximum atomic E-state index is 13.4. The van der Waals surface area contributed by atoms with E-state index in [-0.39, 0.29) is 17.6 Å². The highest BCUT2D eigenvalue weighted by molar-refractivity contribution is 6.10. The first kappa shape index (κ1) is 19.7. The number of carbonyl (C=O) groups is 2. The second-order valence-electron chi connectivity index (χ2n) is 6.81. The first-order valence-corrected chi connectivity index (χ1v) is 9.27. The van der Waals surface area contributed by atoms with Gasteiger partial charge in [0.25, 0.3) is 5.91 Å². The van der Waals surface area contributed by atoms with E-state index in [1.54, 1.807) is 30.2 Å². The molecule has 0 spiro atoms. The summed E-state index contributed by atoms with van der Waals surface area (Å²) >= 11 is 0. The summed E-state index contributed by atoms with van der Waals surface area (Å²) < 4.78 is 11.3. The van der Waals surface area contributed by atoms with E-state index in [2.05, 4.69) is 5.32 Å². The van der Waals surface area contributed by atoms with Crippen molar-refractivity contribution in [1.82, 2.24) is 9.80 Å². The molecule has 7 heteroatoms. The monoisotopic (exact) mass is 383 g/mol. The van der Waals surface area contributed by atoms with Gasteiger partial charge in [0.05, 0.1) is 12.8 Å². The lowest BCUT2D eigenvalue weighted by Crippen LogP contribution is -2.36. The van der Waals surface area contributed by atoms with Crippen LogP contribution in [0, 0.1) is 0 Å². The number of para-hydroxylation sites is 1. The van der Waals surface area contributed by atoms with Crippen molar-refractivity contribution in [2.75, 3.05) is 32.5 Å². The number of hydrogen-bond donors (Lipinski definition) is 1. The first-order chi connectivity index (χ1) is 13.5. The van der Waals surface area contributed by atoms with Gasteiger partial charge in [0.2, 0.25) is 11.7 Å². The van der Waals surface area contributed by atoms with E-state index in [0.717, 1.165) is 0 Å². The second kappa shape index (κ2) is 8.75. The largest absolute Gasteiger partial charge is 0.467 e. The molecule has 0 aliphatic carbocycles. The lowest BCUT2D eigenvalue weighted by molar-refractivity contribution is -0.115. The average molecular weight is 383 g/mol. The summed E-state index contributed by atoms with van der Waals surface area (Å²) in [5, 5.41) is 3.54. The van der Waals surface area contributed by atoms with Gasteiger partial charge in [-0.05, 0) is 38.4 Å². The maximum absolute atomic E-state index is 13.4. The molecule has 7 nitrogen and oxygen atoms in total. The molecule has 2 aromatic heterocycles. The Hall–Kier alpha value is -3.06. The highest BCUT2D eigenvalue weighted by Crippen LogP contribution is 2.32. The van der Waals surface area contributed by atoms with Crippen LogP contribution in [0.4, 0.5) is 5.69 Å². The zero-order valence-corrected chi connectivity index (χ0v) is 16.4. The maximum Gasteiger partial charge on any atom is 0.292 e. The molecule has 28 heavy (non-hydrogen) atoms. The minimum Gasteiger partial charge on any atom is -0.467 e. The number of rotatable bonds is 8. The third-order valence-corrected chi connectivity index (χ3v) is 4.41. The Balaban J connectivity index is 1.97. The lowest BCUT2D eigenvalue weighted by atomic mass is 10.2. The van der Waals surface area contributed by atoms with Gasteiger partial charge in [0.1, 0.15) is 17.0 Å². The van der Waals surface area contributed by atoms with Gasteiger partial charge in [-0.1, -0.05) is 19.1 Å². The van der Waals surface area contributed by atoms with Crippen LogP contribution in [0.2, 0.25) is 0 Å². The van der Waals surface area contributed by atoms with Crippen LogP contribution in [0.1, 0.15) is 29.7 Å². The van der Waals surface area contributed by atoms with Crippen LogP contribution in [0.25, 0.3) is 11.0 Å². The number of benzene rings is 1. The molecule has 3 rings (SSSR count). The van der Waals surface area contributed by atoms with Gasteiger partial charge in [-0.25, -0.2) is 0 Å². The number of anilines is 1. The Morgan fingerprint density at radius 2 is 1.86 bits per heavy atom. The van der Waals surface area contributed by atoms with Crippen molar-refractivity contribution in [2.45, 2.75) is 19.9 Å². The lowest BCUT2D eigenvalue weighted by Gasteiger charge is -2.23. The number of nitrogens with one attached hydrogen (secondary N) is 1. The molecule has 0 radical (unpaired) electrons. The van der Waals surface area contributed by atoms with Crippen LogP contribution >= 0.6 is 0 Å². The summed E-state index contributed by atoms with van der Waals surface area (Å²) in [4.78, 5) is 29.1. The minimum atomic E-state index is -0.291. The fourth-order valence-electron chi connectivity index (χ4n) is 2.86. The number of hydrogen-bond acceptors (Lipinski definition) is 5. The number of furan rings is 2. The predicted octanol–water partition coefficient (Wildman–Crippen LogP) is 3.58. The van der Waals surface area contributed by atoms with Crippen molar-refractivity contribution < 1.29 is 18.4 Å². The van der Waals surface area contributed by atoms with Gasteiger partial charge >= 0.3 is 0 Å². The zero-order chi connectivity index (χ0) is 20.1. The van der Waals surface area contributed by atoms with Gasteiger partial charge in [0.15, 0.2) is 0 Å². The Labute approximate surface area is 163 Å². The molecular formula is C21H25N3O4. The second-order valence-corrected chi connectivity index (χ2v) is 6.81. The number of carbonyl (C=O) groups excluding carboxylic acids is 2. The molecule has 1 N–H and O–H groups in total. The Morgan fingerprint density at radius 1 is 1.07 bits per heavy atom. The van der Waals surface area contributed by atoms with Crippen LogP contribution in [0.3, 0.4) is 0 Å². The molecular weight excluding hydrogens is 358 g/mol. The average Bonchev–Trinajstić information content (AvgIpc) is 3.32. The Morgan fingerprint density at radius 3 is 2.54 bits per heavy atom. The third kappa shape index (κ3) is 4.43. The molecule has 148 valence electrons.